The van der Waals surface area contributed by atoms with E-state index >= 15 is 0 Å². The minimum absolute atomic E-state index is 0.0984. The van der Waals surface area contributed by atoms with E-state index in [0.29, 0.717) is 5.69 Å². The van der Waals surface area contributed by atoms with Crippen LogP contribution in [0, 0.1) is 0 Å². The number of H-pyrrole nitrogens is 1. The van der Waals surface area contributed by atoms with Gasteiger partial charge in [-0.2, -0.15) is 15.4 Å². The Bertz CT molecular complexity index is 793. The number of carbonyl (C=O) groups is 1. The van der Waals surface area contributed by atoms with E-state index in [1.54, 1.807) is 24.3 Å². The molecule has 0 radical (unpaired) electrons. The number of rotatable bonds is 3. The van der Waals surface area contributed by atoms with E-state index in [-0.39, 0.29) is 11.4 Å². The van der Waals surface area contributed by atoms with Crippen molar-refractivity contribution in [2.24, 2.45) is 5.73 Å². The standard InChI is InChI=1S/C15H12N4O2/c16-15(21)14-13(17-19-18-14)12-4-2-1-3-11(12)9-5-7-10(20)8-6-9/h1-8,20H,(H2,16,21)(H,17,18,19). The maximum atomic E-state index is 11.4. The Morgan fingerprint density at radius 2 is 1.67 bits per heavy atom. The van der Waals surface area contributed by atoms with Gasteiger partial charge in [0.2, 0.25) is 0 Å². The van der Waals surface area contributed by atoms with Gasteiger partial charge in [-0.05, 0) is 23.3 Å². The largest absolute Gasteiger partial charge is 0.508 e. The number of amides is 1. The molecule has 0 atom stereocenters. The summed E-state index contributed by atoms with van der Waals surface area (Å²) in [7, 11) is 0. The SMILES string of the molecule is NC(=O)c1n[nH]nc1-c1ccccc1-c1ccc(O)cc1. The predicted octanol–water partition coefficient (Wildman–Crippen LogP) is 1.94. The number of hydrogen-bond acceptors (Lipinski definition) is 4. The lowest BCUT2D eigenvalue weighted by Crippen LogP contribution is -2.12. The summed E-state index contributed by atoms with van der Waals surface area (Å²) in [6.07, 6.45) is 0. The second kappa shape index (κ2) is 5.09. The quantitative estimate of drug-likeness (QED) is 0.681. The van der Waals surface area contributed by atoms with Crippen molar-refractivity contribution in [3.63, 3.8) is 0 Å². The highest BCUT2D eigenvalue weighted by Gasteiger charge is 2.18. The molecule has 6 heteroatoms. The van der Waals surface area contributed by atoms with Crippen molar-refractivity contribution in [1.29, 1.82) is 0 Å². The Balaban J connectivity index is 2.18. The van der Waals surface area contributed by atoms with Crippen molar-refractivity contribution >= 4 is 5.91 Å². The summed E-state index contributed by atoms with van der Waals surface area (Å²) in [5.74, 6) is -0.449. The molecule has 4 N–H and O–H groups in total. The predicted molar refractivity (Wildman–Crippen MR) is 77.4 cm³/mol. The van der Waals surface area contributed by atoms with Crippen molar-refractivity contribution < 1.29 is 9.90 Å². The number of nitrogens with two attached hydrogens (primary N) is 1. The Labute approximate surface area is 120 Å². The molecule has 3 rings (SSSR count). The van der Waals surface area contributed by atoms with Gasteiger partial charge in [-0.1, -0.05) is 36.4 Å². The first kappa shape index (κ1) is 12.9. The number of aromatic amines is 1. The highest BCUT2D eigenvalue weighted by Crippen LogP contribution is 2.32. The number of phenolic OH excluding ortho intramolecular Hbond substituents is 1. The summed E-state index contributed by atoms with van der Waals surface area (Å²) in [5.41, 5.74) is 8.32. The Hall–Kier alpha value is -3.15. The van der Waals surface area contributed by atoms with E-state index in [1.165, 1.54) is 0 Å². The number of hydrogen-bond donors (Lipinski definition) is 3. The molecule has 6 nitrogen and oxygen atoms in total. The molecule has 0 unspecified atom stereocenters. The van der Waals surface area contributed by atoms with Gasteiger partial charge in [0.05, 0.1) is 0 Å². The smallest absolute Gasteiger partial charge is 0.271 e. The molecule has 0 aliphatic rings. The van der Waals surface area contributed by atoms with Crippen molar-refractivity contribution in [1.82, 2.24) is 15.4 Å². The lowest BCUT2D eigenvalue weighted by Gasteiger charge is -2.08. The lowest BCUT2D eigenvalue weighted by atomic mass is 9.96. The molecule has 3 aromatic rings. The van der Waals surface area contributed by atoms with Crippen molar-refractivity contribution in [3.05, 3.63) is 54.2 Å². The molecular weight excluding hydrogens is 268 g/mol. The van der Waals surface area contributed by atoms with Crippen LogP contribution in [0.3, 0.4) is 0 Å². The third kappa shape index (κ3) is 2.34. The van der Waals surface area contributed by atoms with Crippen molar-refractivity contribution in [2.75, 3.05) is 0 Å². The van der Waals surface area contributed by atoms with Gasteiger partial charge in [-0.15, -0.1) is 0 Å². The number of aromatic nitrogens is 3. The van der Waals surface area contributed by atoms with Gasteiger partial charge in [-0.3, -0.25) is 4.79 Å². The van der Waals surface area contributed by atoms with Gasteiger partial charge >= 0.3 is 0 Å². The monoisotopic (exact) mass is 280 g/mol. The summed E-state index contributed by atoms with van der Waals surface area (Å²) in [4.78, 5) is 11.4. The first-order valence-corrected chi connectivity index (χ1v) is 6.26. The summed E-state index contributed by atoms with van der Waals surface area (Å²) < 4.78 is 0. The van der Waals surface area contributed by atoms with Crippen LogP contribution in [0.1, 0.15) is 10.5 Å². The van der Waals surface area contributed by atoms with Gasteiger partial charge in [0.1, 0.15) is 11.4 Å². The minimum atomic E-state index is -0.640. The van der Waals surface area contributed by atoms with E-state index < -0.39 is 5.91 Å². The summed E-state index contributed by atoms with van der Waals surface area (Å²) in [6.45, 7) is 0. The van der Waals surface area contributed by atoms with E-state index in [1.807, 2.05) is 24.3 Å². The normalized spacial score (nSPS) is 10.5. The zero-order chi connectivity index (χ0) is 14.8. The number of nitrogens with one attached hydrogen (secondary N) is 1. The molecule has 2 aromatic carbocycles. The van der Waals surface area contributed by atoms with Gasteiger partial charge in [0, 0.05) is 5.56 Å². The molecule has 0 aliphatic heterocycles. The fourth-order valence-corrected chi connectivity index (χ4v) is 2.17. The van der Waals surface area contributed by atoms with E-state index in [2.05, 4.69) is 15.4 Å². The number of benzene rings is 2. The molecule has 1 amide bonds. The third-order valence-corrected chi connectivity index (χ3v) is 3.14. The second-order valence-electron chi connectivity index (χ2n) is 4.48. The molecule has 0 saturated carbocycles. The van der Waals surface area contributed by atoms with Crippen LogP contribution in [-0.2, 0) is 0 Å². The number of primary amides is 1. The van der Waals surface area contributed by atoms with Crippen LogP contribution in [0.4, 0.5) is 0 Å². The fourth-order valence-electron chi connectivity index (χ4n) is 2.17. The maximum Gasteiger partial charge on any atom is 0.271 e. The average molecular weight is 280 g/mol. The van der Waals surface area contributed by atoms with Crippen LogP contribution in [0.25, 0.3) is 22.4 Å². The van der Waals surface area contributed by atoms with E-state index in [0.717, 1.165) is 16.7 Å². The summed E-state index contributed by atoms with van der Waals surface area (Å²) in [5, 5.41) is 19.6. The van der Waals surface area contributed by atoms with E-state index in [9.17, 15) is 9.90 Å². The average Bonchev–Trinajstić information content (AvgIpc) is 2.98. The molecular formula is C15H12N4O2. The Kier molecular flexibility index (Phi) is 3.12. The zero-order valence-corrected chi connectivity index (χ0v) is 10.9. The minimum Gasteiger partial charge on any atom is -0.508 e. The van der Waals surface area contributed by atoms with Crippen LogP contribution in [0.5, 0.6) is 5.75 Å². The van der Waals surface area contributed by atoms with Gasteiger partial charge < -0.3 is 10.8 Å². The lowest BCUT2D eigenvalue weighted by molar-refractivity contribution is 0.0996. The van der Waals surface area contributed by atoms with Crippen molar-refractivity contribution in [2.45, 2.75) is 0 Å². The Morgan fingerprint density at radius 1 is 1.00 bits per heavy atom. The Morgan fingerprint density at radius 3 is 2.33 bits per heavy atom. The molecule has 21 heavy (non-hydrogen) atoms. The van der Waals surface area contributed by atoms with Gasteiger partial charge in [0.15, 0.2) is 5.69 Å². The highest BCUT2D eigenvalue weighted by molar-refractivity contribution is 5.98. The second-order valence-corrected chi connectivity index (χ2v) is 4.48. The molecule has 1 heterocycles. The molecule has 0 fully saturated rings. The van der Waals surface area contributed by atoms with Crippen LogP contribution in [-0.4, -0.2) is 26.4 Å². The van der Waals surface area contributed by atoms with Crippen LogP contribution in [0.2, 0.25) is 0 Å². The third-order valence-electron chi connectivity index (χ3n) is 3.14. The zero-order valence-electron chi connectivity index (χ0n) is 10.9. The first-order chi connectivity index (χ1) is 10.2. The molecule has 0 aliphatic carbocycles. The van der Waals surface area contributed by atoms with E-state index in [4.69, 9.17) is 5.73 Å². The highest BCUT2D eigenvalue weighted by atomic mass is 16.3. The summed E-state index contributed by atoms with van der Waals surface area (Å²) in [6, 6.07) is 14.3. The van der Waals surface area contributed by atoms with Crippen molar-refractivity contribution in [3.8, 4) is 28.1 Å². The number of nitrogens with zero attached hydrogens (tertiary/aromatic N) is 2. The number of aromatic hydroxyl groups is 1. The van der Waals surface area contributed by atoms with Gasteiger partial charge in [0.25, 0.3) is 5.91 Å². The van der Waals surface area contributed by atoms with Gasteiger partial charge in [-0.25, -0.2) is 0 Å². The maximum absolute atomic E-state index is 11.4. The first-order valence-electron chi connectivity index (χ1n) is 6.26. The van der Waals surface area contributed by atoms with Crippen LogP contribution in [0.15, 0.2) is 48.5 Å². The molecule has 0 spiro atoms. The molecule has 0 saturated heterocycles. The number of carbonyl (C=O) groups excluding carboxylic acids is 1. The molecule has 1 aromatic heterocycles. The fraction of sp³-hybridized carbons (Fsp3) is 0. The molecule has 104 valence electrons. The summed E-state index contributed by atoms with van der Waals surface area (Å²) >= 11 is 0. The van der Waals surface area contributed by atoms with Crippen LogP contribution < -0.4 is 5.73 Å². The molecule has 0 bridgehead atoms. The topological polar surface area (TPSA) is 105 Å². The number of phenols is 1. The van der Waals surface area contributed by atoms with Crippen LogP contribution >= 0.6 is 0 Å².